The van der Waals surface area contributed by atoms with Crippen LogP contribution in [0.3, 0.4) is 0 Å². The van der Waals surface area contributed by atoms with Gasteiger partial charge in [-0.15, -0.1) is 15.8 Å². The van der Waals surface area contributed by atoms with E-state index in [1.807, 2.05) is 0 Å². The molecular formula is C27H50O4P2. The van der Waals surface area contributed by atoms with Crippen molar-refractivity contribution >= 4 is 41.0 Å². The second kappa shape index (κ2) is 27.8. The van der Waals surface area contributed by atoms with E-state index in [9.17, 15) is 19.2 Å². The molecule has 0 amide bonds. The highest BCUT2D eigenvalue weighted by atomic mass is 31.1. The number of carbonyl (C=O) groups is 4. The highest BCUT2D eigenvalue weighted by molar-refractivity contribution is 7.58. The third kappa shape index (κ3) is 24.5. The molecule has 0 aliphatic heterocycles. The summed E-state index contributed by atoms with van der Waals surface area (Å²) in [5.74, 6) is 0. The Morgan fingerprint density at radius 2 is 0.545 bits per heavy atom. The molecule has 33 heavy (non-hydrogen) atoms. The zero-order valence-electron chi connectivity index (χ0n) is 21.1. The molecule has 4 nitrogen and oxygen atoms in total. The maximum atomic E-state index is 10.5. The van der Waals surface area contributed by atoms with E-state index in [1.54, 1.807) is 0 Å². The van der Waals surface area contributed by atoms with Crippen molar-refractivity contribution in [3.63, 3.8) is 0 Å². The molecule has 192 valence electrons. The van der Waals surface area contributed by atoms with Gasteiger partial charge in [-0.3, -0.25) is 0 Å². The predicted octanol–water partition coefficient (Wildman–Crippen LogP) is 7.38. The molecule has 0 atom stereocenters. The van der Waals surface area contributed by atoms with Crippen molar-refractivity contribution < 1.29 is 19.2 Å². The van der Waals surface area contributed by atoms with Gasteiger partial charge in [0, 0.05) is 25.7 Å². The first kappa shape index (κ1) is 32.5. The fraction of sp³-hybridized carbons (Fsp3) is 0.852. The van der Waals surface area contributed by atoms with Crippen molar-refractivity contribution in [2.75, 3.05) is 37.0 Å². The van der Waals surface area contributed by atoms with Crippen LogP contribution < -0.4 is 0 Å². The number of carbonyl (C=O) groups excluding carboxylic acids is 4. The van der Waals surface area contributed by atoms with E-state index >= 15 is 0 Å². The Bertz CT molecular complexity index is 383. The number of unbranched alkanes of at least 4 members (excludes halogenated alkanes) is 12. The Morgan fingerprint density at radius 3 is 0.788 bits per heavy atom. The Balaban J connectivity index is 4.40. The molecule has 0 fully saturated rings. The van der Waals surface area contributed by atoms with Crippen molar-refractivity contribution in [2.45, 2.75) is 109 Å². The first-order valence-electron chi connectivity index (χ1n) is 13.5. The average Bonchev–Trinajstić information content (AvgIpc) is 2.82. The van der Waals surface area contributed by atoms with Crippen LogP contribution in [0.2, 0.25) is 0 Å². The lowest BCUT2D eigenvalue weighted by Gasteiger charge is -2.21. The highest BCUT2D eigenvalue weighted by Gasteiger charge is 2.12. The minimum atomic E-state index is 0.0811. The number of rotatable bonds is 28. The summed E-state index contributed by atoms with van der Waals surface area (Å²) in [7, 11) is 0.162. The molecule has 0 aliphatic carbocycles. The molecule has 0 aromatic carbocycles. The molecule has 0 aromatic heterocycles. The zero-order valence-corrected chi connectivity index (χ0v) is 22.9. The van der Waals surface area contributed by atoms with Gasteiger partial charge in [0.25, 0.3) is 0 Å². The minimum Gasteiger partial charge on any atom is -0.303 e. The molecular weight excluding hydrogens is 450 g/mol. The Labute approximate surface area is 206 Å². The lowest BCUT2D eigenvalue weighted by atomic mass is 10.2. The summed E-state index contributed by atoms with van der Waals surface area (Å²) in [6.45, 7) is 0. The van der Waals surface area contributed by atoms with Gasteiger partial charge in [0.2, 0.25) is 0 Å². The summed E-state index contributed by atoms with van der Waals surface area (Å²) < 4.78 is 0. The maximum Gasteiger partial charge on any atom is 0.119 e. The number of hydrogen-bond donors (Lipinski definition) is 0. The van der Waals surface area contributed by atoms with Gasteiger partial charge in [-0.1, -0.05) is 25.7 Å². The first-order chi connectivity index (χ1) is 16.3. The summed E-state index contributed by atoms with van der Waals surface area (Å²) in [5.41, 5.74) is 0. The second-order valence-corrected chi connectivity index (χ2v) is 14.5. The topological polar surface area (TPSA) is 68.3 Å². The highest BCUT2D eigenvalue weighted by Crippen LogP contribution is 2.43. The standard InChI is InChI=1S/C27H50O4P2/c28-18-9-1-5-13-22-32(23-14-6-2-10-19-29)26-17-27-33(24-15-7-3-11-20-30)25-16-8-4-12-21-31/h18-21H,1-17,22-27H2. The summed E-state index contributed by atoms with van der Waals surface area (Å²) in [5, 5.41) is 0. The smallest absolute Gasteiger partial charge is 0.119 e. The fourth-order valence-corrected chi connectivity index (χ4v) is 9.63. The van der Waals surface area contributed by atoms with E-state index in [0.717, 1.165) is 50.8 Å². The molecule has 0 unspecified atom stereocenters. The molecule has 0 aliphatic rings. The van der Waals surface area contributed by atoms with E-state index in [1.165, 1.54) is 94.8 Å². The van der Waals surface area contributed by atoms with Gasteiger partial charge >= 0.3 is 0 Å². The van der Waals surface area contributed by atoms with Gasteiger partial charge in [0.05, 0.1) is 0 Å². The molecule has 0 spiro atoms. The van der Waals surface area contributed by atoms with E-state index in [2.05, 4.69) is 0 Å². The second-order valence-electron chi connectivity index (χ2n) is 9.10. The van der Waals surface area contributed by atoms with Crippen LogP contribution in [0.25, 0.3) is 0 Å². The molecule has 0 saturated heterocycles. The number of aldehydes is 4. The maximum absolute atomic E-state index is 10.5. The van der Waals surface area contributed by atoms with Crippen LogP contribution >= 0.6 is 15.8 Å². The first-order valence-corrected chi connectivity index (χ1v) is 17.3. The van der Waals surface area contributed by atoms with Gasteiger partial charge in [-0.2, -0.15) is 0 Å². The van der Waals surface area contributed by atoms with Crippen LogP contribution in [0.1, 0.15) is 109 Å². The molecule has 6 heteroatoms. The van der Waals surface area contributed by atoms with Crippen molar-refractivity contribution in [2.24, 2.45) is 0 Å². The molecule has 0 radical (unpaired) electrons. The van der Waals surface area contributed by atoms with Crippen LogP contribution in [0.4, 0.5) is 0 Å². The van der Waals surface area contributed by atoms with Crippen LogP contribution in [-0.4, -0.2) is 62.1 Å². The van der Waals surface area contributed by atoms with Crippen LogP contribution in [-0.2, 0) is 19.2 Å². The average molecular weight is 501 g/mol. The largest absolute Gasteiger partial charge is 0.303 e. The Hall–Kier alpha value is -0.460. The lowest BCUT2D eigenvalue weighted by molar-refractivity contribution is -0.108. The van der Waals surface area contributed by atoms with Gasteiger partial charge in [-0.25, -0.2) is 0 Å². The van der Waals surface area contributed by atoms with Crippen LogP contribution in [0.5, 0.6) is 0 Å². The third-order valence-electron chi connectivity index (χ3n) is 6.13. The predicted molar refractivity (Wildman–Crippen MR) is 146 cm³/mol. The van der Waals surface area contributed by atoms with Crippen molar-refractivity contribution in [3.8, 4) is 0 Å². The molecule has 0 saturated carbocycles. The van der Waals surface area contributed by atoms with Gasteiger partial charge < -0.3 is 19.2 Å². The fourth-order valence-electron chi connectivity index (χ4n) is 4.15. The van der Waals surface area contributed by atoms with E-state index in [4.69, 9.17) is 0 Å². The quantitative estimate of drug-likeness (QED) is 0.0639. The van der Waals surface area contributed by atoms with E-state index in [0.29, 0.717) is 25.7 Å². The van der Waals surface area contributed by atoms with Gasteiger partial charge in [-0.05, 0) is 94.8 Å². The van der Waals surface area contributed by atoms with Crippen molar-refractivity contribution in [1.29, 1.82) is 0 Å². The Kier molecular flexibility index (Phi) is 27.4. The SMILES string of the molecule is O=CCCCCCP(CCCCCC=O)CCCP(CCCCCC=O)CCCCCC=O. The van der Waals surface area contributed by atoms with Crippen LogP contribution in [0, 0.1) is 0 Å². The summed E-state index contributed by atoms with van der Waals surface area (Å²) >= 11 is 0. The molecule has 0 N–H and O–H groups in total. The van der Waals surface area contributed by atoms with Crippen molar-refractivity contribution in [1.82, 2.24) is 0 Å². The zero-order chi connectivity index (χ0) is 24.2. The van der Waals surface area contributed by atoms with Gasteiger partial charge in [0.1, 0.15) is 25.1 Å². The molecule has 0 aromatic rings. The van der Waals surface area contributed by atoms with E-state index in [-0.39, 0.29) is 15.8 Å². The summed E-state index contributed by atoms with van der Waals surface area (Å²) in [6, 6.07) is 0. The Morgan fingerprint density at radius 1 is 0.303 bits per heavy atom. The number of hydrogen-bond acceptors (Lipinski definition) is 4. The molecule has 0 heterocycles. The molecule has 0 rings (SSSR count). The lowest BCUT2D eigenvalue weighted by Crippen LogP contribution is -2.02. The van der Waals surface area contributed by atoms with Gasteiger partial charge in [0.15, 0.2) is 0 Å². The van der Waals surface area contributed by atoms with Crippen molar-refractivity contribution in [3.05, 3.63) is 0 Å². The monoisotopic (exact) mass is 500 g/mol. The summed E-state index contributed by atoms with van der Waals surface area (Å²) in [6.07, 6.45) is 30.3. The normalized spacial score (nSPS) is 11.2. The van der Waals surface area contributed by atoms with E-state index < -0.39 is 0 Å². The third-order valence-corrected chi connectivity index (χ3v) is 11.8. The summed E-state index contributed by atoms with van der Waals surface area (Å²) in [4.78, 5) is 42.2. The molecule has 0 bridgehead atoms. The minimum absolute atomic E-state index is 0.0811. The van der Waals surface area contributed by atoms with Crippen LogP contribution in [0.15, 0.2) is 0 Å².